The molecule has 27 heavy (non-hydrogen) atoms. The molecule has 148 valence electrons. The zero-order valence-corrected chi connectivity index (χ0v) is 16.8. The number of hydrazine groups is 1. The largest absolute Gasteiger partial charge is 0.450 e. The second-order valence-electron chi connectivity index (χ2n) is 6.85. The highest BCUT2D eigenvalue weighted by molar-refractivity contribution is 7.80. The second-order valence-corrected chi connectivity index (χ2v) is 7.26. The van der Waals surface area contributed by atoms with Crippen molar-refractivity contribution in [1.29, 1.82) is 0 Å². The van der Waals surface area contributed by atoms with Crippen LogP contribution in [0.15, 0.2) is 24.3 Å². The van der Waals surface area contributed by atoms with E-state index in [9.17, 15) is 9.59 Å². The Bertz CT molecular complexity index is 665. The average molecular weight is 393 g/mol. The third-order valence-electron chi connectivity index (χ3n) is 4.98. The van der Waals surface area contributed by atoms with Crippen molar-refractivity contribution in [2.45, 2.75) is 46.1 Å². The van der Waals surface area contributed by atoms with Crippen LogP contribution in [-0.2, 0) is 4.74 Å². The van der Waals surface area contributed by atoms with Crippen molar-refractivity contribution >= 4 is 35.0 Å². The molecule has 0 aromatic heterocycles. The van der Waals surface area contributed by atoms with Crippen molar-refractivity contribution in [2.24, 2.45) is 11.8 Å². The first-order valence-corrected chi connectivity index (χ1v) is 9.72. The normalized spacial score (nSPS) is 21.7. The summed E-state index contributed by atoms with van der Waals surface area (Å²) in [5.74, 6) is 0.885. The van der Waals surface area contributed by atoms with Gasteiger partial charge in [0.15, 0.2) is 5.11 Å². The Morgan fingerprint density at radius 1 is 1.15 bits per heavy atom. The maximum atomic E-state index is 12.2. The Labute approximate surface area is 165 Å². The summed E-state index contributed by atoms with van der Waals surface area (Å²) in [6, 6.07) is 6.81. The lowest BCUT2D eigenvalue weighted by molar-refractivity contribution is 0.0943. The van der Waals surface area contributed by atoms with Crippen LogP contribution in [0.1, 0.15) is 50.4 Å². The summed E-state index contributed by atoms with van der Waals surface area (Å²) >= 11 is 5.29. The molecule has 1 aromatic rings. The maximum Gasteiger partial charge on any atom is 0.411 e. The molecule has 0 heterocycles. The van der Waals surface area contributed by atoms with E-state index < -0.39 is 6.09 Å². The molecule has 7 nitrogen and oxygen atoms in total. The van der Waals surface area contributed by atoms with E-state index in [4.69, 9.17) is 17.0 Å². The molecule has 2 rings (SSSR count). The molecular formula is C19H28N4O3S. The number of ether oxygens (including phenoxy) is 1. The van der Waals surface area contributed by atoms with E-state index in [1.165, 1.54) is 12.8 Å². The number of anilines is 1. The van der Waals surface area contributed by atoms with Crippen molar-refractivity contribution < 1.29 is 14.3 Å². The van der Waals surface area contributed by atoms with Gasteiger partial charge in [0.25, 0.3) is 5.91 Å². The third-order valence-corrected chi connectivity index (χ3v) is 5.20. The van der Waals surface area contributed by atoms with E-state index >= 15 is 0 Å². The number of nitrogens with one attached hydrogen (secondary N) is 4. The number of hydrogen-bond acceptors (Lipinski definition) is 4. The number of rotatable bonds is 4. The number of thiocarbonyl (C=S) groups is 1. The number of benzene rings is 1. The zero-order valence-electron chi connectivity index (χ0n) is 16.0. The quantitative estimate of drug-likeness (QED) is 0.465. The number of hydrogen-bond donors (Lipinski definition) is 4. The van der Waals surface area contributed by atoms with Crippen LogP contribution in [0.3, 0.4) is 0 Å². The molecule has 0 spiro atoms. The molecule has 0 saturated heterocycles. The van der Waals surface area contributed by atoms with E-state index in [1.807, 2.05) is 0 Å². The van der Waals surface area contributed by atoms with Gasteiger partial charge in [0.05, 0.1) is 6.61 Å². The van der Waals surface area contributed by atoms with Crippen LogP contribution in [0.4, 0.5) is 10.5 Å². The SMILES string of the molecule is CCOC(=O)Nc1ccc(C(=O)NNC(=S)N[C@@H]2CCC[C@H](C)[C@@H]2C)cc1. The van der Waals surface area contributed by atoms with Crippen LogP contribution in [0.25, 0.3) is 0 Å². The third kappa shape index (κ3) is 6.39. The Hall–Kier alpha value is -2.35. The van der Waals surface area contributed by atoms with E-state index in [0.29, 0.717) is 40.8 Å². The lowest BCUT2D eigenvalue weighted by atomic mass is 9.78. The van der Waals surface area contributed by atoms with Gasteiger partial charge < -0.3 is 10.1 Å². The molecule has 2 amide bonds. The first-order valence-electron chi connectivity index (χ1n) is 9.31. The van der Waals surface area contributed by atoms with Crippen molar-refractivity contribution in [1.82, 2.24) is 16.2 Å². The molecule has 0 bridgehead atoms. The fourth-order valence-electron chi connectivity index (χ4n) is 3.17. The summed E-state index contributed by atoms with van der Waals surface area (Å²) in [6.07, 6.45) is 2.98. The van der Waals surface area contributed by atoms with Crippen LogP contribution in [0.5, 0.6) is 0 Å². The summed E-state index contributed by atoms with van der Waals surface area (Å²) in [5.41, 5.74) is 6.34. The van der Waals surface area contributed by atoms with Gasteiger partial charge in [0, 0.05) is 17.3 Å². The maximum absolute atomic E-state index is 12.2. The molecule has 3 atom stereocenters. The minimum Gasteiger partial charge on any atom is -0.450 e. The Balaban J connectivity index is 1.79. The lowest BCUT2D eigenvalue weighted by Gasteiger charge is -2.35. The van der Waals surface area contributed by atoms with Gasteiger partial charge >= 0.3 is 6.09 Å². The van der Waals surface area contributed by atoms with Gasteiger partial charge in [-0.05, 0) is 61.7 Å². The molecular weight excluding hydrogens is 364 g/mol. The van der Waals surface area contributed by atoms with E-state index in [-0.39, 0.29) is 5.91 Å². The number of amides is 2. The molecule has 8 heteroatoms. The molecule has 0 aliphatic heterocycles. The molecule has 1 aliphatic rings. The van der Waals surface area contributed by atoms with Gasteiger partial charge in [-0.25, -0.2) is 4.79 Å². The van der Waals surface area contributed by atoms with Crippen molar-refractivity contribution in [3.63, 3.8) is 0 Å². The molecule has 0 unspecified atom stereocenters. The Kier molecular flexibility index (Phi) is 7.84. The Morgan fingerprint density at radius 2 is 1.85 bits per heavy atom. The van der Waals surface area contributed by atoms with E-state index in [2.05, 4.69) is 35.3 Å². The van der Waals surface area contributed by atoms with E-state index in [1.54, 1.807) is 31.2 Å². The highest BCUT2D eigenvalue weighted by Gasteiger charge is 2.27. The monoisotopic (exact) mass is 392 g/mol. The Morgan fingerprint density at radius 3 is 2.52 bits per heavy atom. The summed E-state index contributed by atoms with van der Waals surface area (Å²) in [4.78, 5) is 23.6. The first-order chi connectivity index (χ1) is 12.9. The standard InChI is InChI=1S/C19H28N4O3S/c1-4-26-19(25)20-15-10-8-14(9-11-15)17(24)22-23-18(27)21-16-7-5-6-12(2)13(16)3/h8-13,16H,4-7H2,1-3H3,(H,20,25)(H,22,24)(H2,21,23,27)/t12-,13-,16+/m0/s1. The predicted octanol–water partition coefficient (Wildman–Crippen LogP) is 3.19. The first kappa shape index (κ1) is 21.0. The summed E-state index contributed by atoms with van der Waals surface area (Å²) < 4.78 is 4.80. The van der Waals surface area contributed by atoms with Gasteiger partial charge in [-0.3, -0.25) is 21.0 Å². The zero-order chi connectivity index (χ0) is 19.8. The smallest absolute Gasteiger partial charge is 0.411 e. The van der Waals surface area contributed by atoms with Gasteiger partial charge in [-0.1, -0.05) is 26.7 Å². The average Bonchev–Trinajstić information content (AvgIpc) is 2.64. The predicted molar refractivity (Wildman–Crippen MR) is 109 cm³/mol. The van der Waals surface area contributed by atoms with Gasteiger partial charge in [0.1, 0.15) is 0 Å². The molecule has 4 N–H and O–H groups in total. The topological polar surface area (TPSA) is 91.5 Å². The van der Waals surface area contributed by atoms with Gasteiger partial charge in [-0.15, -0.1) is 0 Å². The second kappa shape index (κ2) is 10.1. The highest BCUT2D eigenvalue weighted by Crippen LogP contribution is 2.29. The summed E-state index contributed by atoms with van der Waals surface area (Å²) in [7, 11) is 0. The summed E-state index contributed by atoms with van der Waals surface area (Å²) in [6.45, 7) is 6.52. The lowest BCUT2D eigenvalue weighted by Crippen LogP contribution is -2.52. The molecule has 1 aliphatic carbocycles. The summed E-state index contributed by atoms with van der Waals surface area (Å²) in [5, 5.41) is 6.28. The fraction of sp³-hybridized carbons (Fsp3) is 0.526. The highest BCUT2D eigenvalue weighted by atomic mass is 32.1. The molecule has 1 saturated carbocycles. The number of carbonyl (C=O) groups is 2. The van der Waals surface area contributed by atoms with E-state index in [0.717, 1.165) is 6.42 Å². The van der Waals surface area contributed by atoms with Crippen molar-refractivity contribution in [3.05, 3.63) is 29.8 Å². The van der Waals surface area contributed by atoms with Crippen LogP contribution in [0.2, 0.25) is 0 Å². The van der Waals surface area contributed by atoms with Crippen LogP contribution >= 0.6 is 12.2 Å². The van der Waals surface area contributed by atoms with Gasteiger partial charge in [-0.2, -0.15) is 0 Å². The minimum absolute atomic E-state index is 0.296. The van der Waals surface area contributed by atoms with Crippen LogP contribution in [0, 0.1) is 11.8 Å². The number of carbonyl (C=O) groups excluding carboxylic acids is 2. The minimum atomic E-state index is -0.529. The van der Waals surface area contributed by atoms with Crippen LogP contribution in [-0.4, -0.2) is 29.8 Å². The van der Waals surface area contributed by atoms with Gasteiger partial charge in [0.2, 0.25) is 0 Å². The molecule has 1 fully saturated rings. The molecule has 0 radical (unpaired) electrons. The van der Waals surface area contributed by atoms with Crippen molar-refractivity contribution in [2.75, 3.05) is 11.9 Å². The van der Waals surface area contributed by atoms with Crippen LogP contribution < -0.4 is 21.5 Å². The molecule has 1 aromatic carbocycles. The fourth-order valence-corrected chi connectivity index (χ4v) is 3.37. The van der Waals surface area contributed by atoms with Crippen molar-refractivity contribution in [3.8, 4) is 0 Å².